The number of rotatable bonds is 9. The summed E-state index contributed by atoms with van der Waals surface area (Å²) in [6, 6.07) is 5.15. The third kappa shape index (κ3) is 5.22. The summed E-state index contributed by atoms with van der Waals surface area (Å²) in [4.78, 5) is 29.0. The van der Waals surface area contributed by atoms with Crippen molar-refractivity contribution >= 4 is 40.3 Å². The molecule has 0 radical (unpaired) electrons. The monoisotopic (exact) mass is 485 g/mol. The molecule has 0 saturated heterocycles. The van der Waals surface area contributed by atoms with Crippen LogP contribution in [0.2, 0.25) is 10.0 Å². The average molecular weight is 486 g/mol. The van der Waals surface area contributed by atoms with Crippen molar-refractivity contribution < 1.29 is 28.9 Å². The third-order valence-electron chi connectivity index (χ3n) is 4.69. The second-order valence-corrected chi connectivity index (χ2v) is 8.05. The standard InChI is InChI=1S/C20H21Cl2N3O7/c1-11(18(28)31-10-20(23,8-26)9-27)25-15-4-14(22)16(5-17(15)32-19(25)29)30-7-13-3-2-12(21)6-24-13/h2-6,11,26-27H,7-10,23H2,1H3. The molecule has 4 N–H and O–H groups in total. The molecule has 1 aromatic carbocycles. The zero-order chi connectivity index (χ0) is 23.5. The van der Waals surface area contributed by atoms with E-state index in [4.69, 9.17) is 42.8 Å². The summed E-state index contributed by atoms with van der Waals surface area (Å²) >= 11 is 12.1. The fourth-order valence-electron chi connectivity index (χ4n) is 2.74. The van der Waals surface area contributed by atoms with Crippen LogP contribution in [0.3, 0.4) is 0 Å². The van der Waals surface area contributed by atoms with Crippen LogP contribution in [0.15, 0.2) is 39.7 Å². The largest absolute Gasteiger partial charge is 0.486 e. The predicted molar refractivity (Wildman–Crippen MR) is 116 cm³/mol. The molecule has 32 heavy (non-hydrogen) atoms. The number of hydrogen-bond acceptors (Lipinski definition) is 9. The number of aliphatic hydroxyl groups excluding tert-OH is 2. The number of halogens is 2. The quantitative estimate of drug-likeness (QED) is 0.384. The Bertz CT molecular complexity index is 1160. The molecule has 0 aliphatic heterocycles. The summed E-state index contributed by atoms with van der Waals surface area (Å²) < 4.78 is 17.1. The van der Waals surface area contributed by atoms with Gasteiger partial charge in [0.15, 0.2) is 5.58 Å². The molecular formula is C20H21Cl2N3O7. The zero-order valence-electron chi connectivity index (χ0n) is 17.0. The van der Waals surface area contributed by atoms with Crippen LogP contribution in [0.5, 0.6) is 5.75 Å². The number of carbonyl (C=O) groups is 1. The van der Waals surface area contributed by atoms with E-state index in [0.717, 1.165) is 4.57 Å². The smallest absolute Gasteiger partial charge is 0.420 e. The number of oxazole rings is 1. The van der Waals surface area contributed by atoms with Crippen molar-refractivity contribution in [3.63, 3.8) is 0 Å². The Balaban J connectivity index is 1.80. The van der Waals surface area contributed by atoms with Crippen molar-refractivity contribution in [2.75, 3.05) is 19.8 Å². The highest BCUT2D eigenvalue weighted by Gasteiger charge is 2.29. The number of nitrogens with two attached hydrogens (primary N) is 1. The fourth-order valence-corrected chi connectivity index (χ4v) is 3.06. The molecule has 0 bridgehead atoms. The van der Waals surface area contributed by atoms with Gasteiger partial charge in [0, 0.05) is 12.3 Å². The summed E-state index contributed by atoms with van der Waals surface area (Å²) in [5.41, 5.74) is 5.22. The predicted octanol–water partition coefficient (Wildman–Crippen LogP) is 1.66. The summed E-state index contributed by atoms with van der Waals surface area (Å²) in [5.74, 6) is -1.36. The van der Waals surface area contributed by atoms with Gasteiger partial charge in [0.25, 0.3) is 0 Å². The highest BCUT2D eigenvalue weighted by atomic mass is 35.5. The second-order valence-electron chi connectivity index (χ2n) is 7.21. The SMILES string of the molecule is CC(C(=O)OCC(N)(CO)CO)n1c(=O)oc2cc(OCc3ccc(Cl)cn3)c(Cl)cc21. The number of carbonyl (C=O) groups excluding carboxylic acids is 1. The first-order valence-corrected chi connectivity index (χ1v) is 10.2. The highest BCUT2D eigenvalue weighted by molar-refractivity contribution is 6.32. The maximum atomic E-state index is 12.4. The van der Waals surface area contributed by atoms with Gasteiger partial charge in [-0.2, -0.15) is 0 Å². The highest BCUT2D eigenvalue weighted by Crippen LogP contribution is 2.31. The van der Waals surface area contributed by atoms with Gasteiger partial charge in [-0.15, -0.1) is 0 Å². The van der Waals surface area contributed by atoms with E-state index in [2.05, 4.69) is 4.98 Å². The average Bonchev–Trinajstić information content (AvgIpc) is 3.10. The molecule has 0 aliphatic rings. The van der Waals surface area contributed by atoms with Gasteiger partial charge in [-0.3, -0.25) is 9.55 Å². The maximum absolute atomic E-state index is 12.4. The number of hydrogen-bond donors (Lipinski definition) is 3. The van der Waals surface area contributed by atoms with Crippen molar-refractivity contribution in [2.24, 2.45) is 5.73 Å². The Morgan fingerprint density at radius 3 is 2.66 bits per heavy atom. The number of aromatic nitrogens is 2. The van der Waals surface area contributed by atoms with Crippen LogP contribution in [0.4, 0.5) is 0 Å². The molecule has 12 heteroatoms. The van der Waals surface area contributed by atoms with Crippen molar-refractivity contribution in [1.29, 1.82) is 0 Å². The zero-order valence-corrected chi connectivity index (χ0v) is 18.5. The number of fused-ring (bicyclic) bond motifs is 1. The van der Waals surface area contributed by atoms with E-state index in [1.807, 2.05) is 0 Å². The number of esters is 1. The molecule has 0 fully saturated rings. The lowest BCUT2D eigenvalue weighted by Crippen LogP contribution is -2.52. The molecule has 0 spiro atoms. The Morgan fingerprint density at radius 1 is 1.31 bits per heavy atom. The van der Waals surface area contributed by atoms with E-state index in [1.54, 1.807) is 12.1 Å². The summed E-state index contributed by atoms with van der Waals surface area (Å²) in [5, 5.41) is 19.1. The summed E-state index contributed by atoms with van der Waals surface area (Å²) in [7, 11) is 0. The topological polar surface area (TPSA) is 150 Å². The molecule has 10 nitrogen and oxygen atoms in total. The van der Waals surface area contributed by atoms with Crippen LogP contribution >= 0.6 is 23.2 Å². The molecule has 3 rings (SSSR count). The number of nitrogens with zero attached hydrogens (tertiary/aromatic N) is 2. The molecule has 1 unspecified atom stereocenters. The van der Waals surface area contributed by atoms with Crippen molar-refractivity contribution in [1.82, 2.24) is 9.55 Å². The first kappa shape index (κ1) is 24.0. The van der Waals surface area contributed by atoms with Crippen molar-refractivity contribution in [2.45, 2.75) is 25.1 Å². The fraction of sp³-hybridized carbons (Fsp3) is 0.350. The van der Waals surface area contributed by atoms with Gasteiger partial charge in [-0.1, -0.05) is 23.2 Å². The molecule has 3 aromatic rings. The van der Waals surface area contributed by atoms with Gasteiger partial charge in [0.2, 0.25) is 0 Å². The Morgan fingerprint density at radius 2 is 2.03 bits per heavy atom. The van der Waals surface area contributed by atoms with E-state index in [-0.39, 0.29) is 28.5 Å². The number of ether oxygens (including phenoxy) is 2. The molecule has 1 atom stereocenters. The molecule has 0 amide bonds. The Kier molecular flexibility index (Phi) is 7.42. The molecule has 2 heterocycles. The lowest BCUT2D eigenvalue weighted by atomic mass is 10.1. The van der Waals surface area contributed by atoms with Crippen LogP contribution in [0, 0.1) is 0 Å². The molecule has 0 aliphatic carbocycles. The minimum atomic E-state index is -1.49. The third-order valence-corrected chi connectivity index (χ3v) is 5.21. The van der Waals surface area contributed by atoms with E-state index in [9.17, 15) is 19.8 Å². The van der Waals surface area contributed by atoms with Gasteiger partial charge in [-0.05, 0) is 25.1 Å². The molecular weight excluding hydrogens is 465 g/mol. The van der Waals surface area contributed by atoms with Gasteiger partial charge in [0.05, 0.1) is 40.0 Å². The minimum Gasteiger partial charge on any atom is -0.486 e. The number of aliphatic hydroxyl groups is 2. The van der Waals surface area contributed by atoms with Gasteiger partial charge in [-0.25, -0.2) is 9.59 Å². The lowest BCUT2D eigenvalue weighted by Gasteiger charge is -2.24. The molecule has 172 valence electrons. The van der Waals surface area contributed by atoms with E-state index in [1.165, 1.54) is 25.3 Å². The molecule has 2 aromatic heterocycles. The normalized spacial score (nSPS) is 12.7. The Labute approximate surface area is 192 Å². The van der Waals surface area contributed by atoms with E-state index < -0.39 is 43.1 Å². The van der Waals surface area contributed by atoms with Crippen LogP contribution in [0.1, 0.15) is 18.7 Å². The van der Waals surface area contributed by atoms with Gasteiger partial charge >= 0.3 is 11.7 Å². The van der Waals surface area contributed by atoms with Gasteiger partial charge < -0.3 is 29.8 Å². The van der Waals surface area contributed by atoms with E-state index >= 15 is 0 Å². The summed E-state index contributed by atoms with van der Waals surface area (Å²) in [6.07, 6.45) is 1.49. The number of benzene rings is 1. The lowest BCUT2D eigenvalue weighted by molar-refractivity contribution is -0.150. The van der Waals surface area contributed by atoms with Crippen molar-refractivity contribution in [3.05, 3.63) is 56.8 Å². The number of pyridine rings is 1. The summed E-state index contributed by atoms with van der Waals surface area (Å²) in [6.45, 7) is -0.0928. The maximum Gasteiger partial charge on any atom is 0.420 e. The molecule has 0 saturated carbocycles. The van der Waals surface area contributed by atoms with Crippen LogP contribution in [-0.4, -0.2) is 51.1 Å². The minimum absolute atomic E-state index is 0.104. The van der Waals surface area contributed by atoms with Gasteiger partial charge in [0.1, 0.15) is 25.0 Å². The van der Waals surface area contributed by atoms with E-state index in [0.29, 0.717) is 10.7 Å². The van der Waals surface area contributed by atoms with Crippen LogP contribution in [-0.2, 0) is 16.1 Å². The van der Waals surface area contributed by atoms with Crippen LogP contribution < -0.4 is 16.2 Å². The Hall–Kier alpha value is -2.63. The second kappa shape index (κ2) is 9.88. The first-order valence-electron chi connectivity index (χ1n) is 9.42. The van der Waals surface area contributed by atoms with Crippen molar-refractivity contribution in [3.8, 4) is 5.75 Å². The van der Waals surface area contributed by atoms with Crippen LogP contribution in [0.25, 0.3) is 11.1 Å². The first-order chi connectivity index (χ1) is 15.2.